The zero-order valence-electron chi connectivity index (χ0n) is 11.7. The molecule has 0 bridgehead atoms. The molecule has 5 nitrogen and oxygen atoms in total. The Bertz CT molecular complexity index is 756. The Kier molecular flexibility index (Phi) is 3.88. The van der Waals surface area contributed by atoms with Crippen molar-refractivity contribution in [1.82, 2.24) is 4.57 Å². The van der Waals surface area contributed by atoms with E-state index in [2.05, 4.69) is 4.99 Å². The van der Waals surface area contributed by atoms with Crippen LogP contribution in [-0.2, 0) is 20.9 Å². The number of esters is 1. The summed E-state index contributed by atoms with van der Waals surface area (Å²) in [6.45, 7) is 0.0668. The van der Waals surface area contributed by atoms with E-state index in [0.717, 1.165) is 29.5 Å². The van der Waals surface area contributed by atoms with Crippen LogP contribution in [0.3, 0.4) is 0 Å². The minimum absolute atomic E-state index is 0.0572. The normalized spacial score (nSPS) is 16.0. The predicted octanol–water partition coefficient (Wildman–Crippen LogP) is 2.10. The van der Waals surface area contributed by atoms with Gasteiger partial charge in [-0.1, -0.05) is 29.9 Å². The number of carbonyl (C=O) groups is 2. The Balaban J connectivity index is 2.07. The first-order valence-electron chi connectivity index (χ1n) is 6.93. The van der Waals surface area contributed by atoms with E-state index in [1.165, 1.54) is 18.4 Å². The van der Waals surface area contributed by atoms with E-state index in [1.54, 1.807) is 4.57 Å². The van der Waals surface area contributed by atoms with Crippen LogP contribution >= 0.6 is 11.3 Å². The van der Waals surface area contributed by atoms with Crippen molar-refractivity contribution < 1.29 is 14.3 Å². The number of methoxy groups -OCH3 is 1. The Morgan fingerprint density at radius 3 is 2.81 bits per heavy atom. The van der Waals surface area contributed by atoms with Crippen LogP contribution in [-0.4, -0.2) is 23.6 Å². The van der Waals surface area contributed by atoms with E-state index < -0.39 is 0 Å². The van der Waals surface area contributed by atoms with Gasteiger partial charge in [0.15, 0.2) is 4.80 Å². The van der Waals surface area contributed by atoms with E-state index in [9.17, 15) is 9.59 Å². The van der Waals surface area contributed by atoms with Gasteiger partial charge in [-0.3, -0.25) is 9.59 Å². The van der Waals surface area contributed by atoms with Crippen molar-refractivity contribution >= 4 is 33.4 Å². The summed E-state index contributed by atoms with van der Waals surface area (Å²) in [5.41, 5.74) is 0.896. The first kappa shape index (κ1) is 14.0. The maximum absolute atomic E-state index is 12.1. The second kappa shape index (κ2) is 5.81. The standard InChI is InChI=1S/C15H16N2O3S/c1-20-13(18)9-17-11-7-2-3-8-12(11)21-15(17)16-14(19)10-5-4-6-10/h2-3,7-8,10H,4-6,9H2,1H3. The molecule has 1 aliphatic rings. The van der Waals surface area contributed by atoms with Crippen LogP contribution in [0.25, 0.3) is 10.2 Å². The summed E-state index contributed by atoms with van der Waals surface area (Å²) < 4.78 is 7.48. The molecule has 0 spiro atoms. The molecule has 2 aromatic rings. The molecule has 1 fully saturated rings. The van der Waals surface area contributed by atoms with Gasteiger partial charge in [0.2, 0.25) is 0 Å². The van der Waals surface area contributed by atoms with Gasteiger partial charge in [-0.25, -0.2) is 0 Å². The molecule has 6 heteroatoms. The van der Waals surface area contributed by atoms with Gasteiger partial charge in [-0.15, -0.1) is 0 Å². The SMILES string of the molecule is COC(=O)Cn1c(=NC(=O)C2CCC2)sc2ccccc21. The molecular weight excluding hydrogens is 288 g/mol. The zero-order valence-corrected chi connectivity index (χ0v) is 12.6. The summed E-state index contributed by atoms with van der Waals surface area (Å²) in [7, 11) is 1.35. The maximum Gasteiger partial charge on any atom is 0.325 e. The number of amides is 1. The van der Waals surface area contributed by atoms with Crippen molar-refractivity contribution in [3.05, 3.63) is 29.1 Å². The highest BCUT2D eigenvalue weighted by Gasteiger charge is 2.25. The second-order valence-electron chi connectivity index (χ2n) is 5.09. The first-order chi connectivity index (χ1) is 10.2. The van der Waals surface area contributed by atoms with Gasteiger partial charge < -0.3 is 9.30 Å². The Morgan fingerprint density at radius 1 is 1.38 bits per heavy atom. The third-order valence-corrected chi connectivity index (χ3v) is 4.82. The van der Waals surface area contributed by atoms with Gasteiger partial charge >= 0.3 is 5.97 Å². The van der Waals surface area contributed by atoms with Gasteiger partial charge in [-0.05, 0) is 25.0 Å². The molecule has 0 atom stereocenters. The topological polar surface area (TPSA) is 60.7 Å². The van der Waals surface area contributed by atoms with Crippen molar-refractivity contribution in [2.45, 2.75) is 25.8 Å². The lowest BCUT2D eigenvalue weighted by Gasteiger charge is -2.20. The number of aromatic nitrogens is 1. The fourth-order valence-corrected chi connectivity index (χ4v) is 3.33. The van der Waals surface area contributed by atoms with Crippen LogP contribution in [0.1, 0.15) is 19.3 Å². The smallest absolute Gasteiger partial charge is 0.325 e. The lowest BCUT2D eigenvalue weighted by molar-refractivity contribution is -0.141. The molecule has 1 aromatic heterocycles. The fourth-order valence-electron chi connectivity index (χ4n) is 2.29. The number of hydrogen-bond donors (Lipinski definition) is 0. The van der Waals surface area contributed by atoms with Gasteiger partial charge in [0.25, 0.3) is 5.91 Å². The maximum atomic E-state index is 12.1. The molecule has 1 amide bonds. The van der Waals surface area contributed by atoms with Crippen LogP contribution in [0.5, 0.6) is 0 Å². The molecule has 3 rings (SSSR count). The molecule has 1 saturated carbocycles. The van der Waals surface area contributed by atoms with Crippen molar-refractivity contribution in [3.63, 3.8) is 0 Å². The molecule has 0 saturated heterocycles. The number of para-hydroxylation sites is 1. The molecular formula is C15H16N2O3S. The number of fused-ring (bicyclic) bond motifs is 1. The average Bonchev–Trinajstić information content (AvgIpc) is 2.74. The highest BCUT2D eigenvalue weighted by molar-refractivity contribution is 7.16. The fraction of sp³-hybridized carbons (Fsp3) is 0.400. The summed E-state index contributed by atoms with van der Waals surface area (Å²) in [5, 5.41) is 0. The Hall–Kier alpha value is -1.95. The van der Waals surface area contributed by atoms with E-state index >= 15 is 0 Å². The van der Waals surface area contributed by atoms with Crippen LogP contribution in [0.15, 0.2) is 29.3 Å². The molecule has 0 radical (unpaired) electrons. The average molecular weight is 304 g/mol. The van der Waals surface area contributed by atoms with E-state index in [-0.39, 0.29) is 24.3 Å². The molecule has 0 unspecified atom stereocenters. The van der Waals surface area contributed by atoms with Crippen molar-refractivity contribution in [2.75, 3.05) is 7.11 Å². The number of nitrogens with zero attached hydrogens (tertiary/aromatic N) is 2. The summed E-state index contributed by atoms with van der Waals surface area (Å²) >= 11 is 1.42. The largest absolute Gasteiger partial charge is 0.468 e. The van der Waals surface area contributed by atoms with Crippen LogP contribution in [0, 0.1) is 5.92 Å². The first-order valence-corrected chi connectivity index (χ1v) is 7.74. The number of ether oxygens (including phenoxy) is 1. The number of hydrogen-bond acceptors (Lipinski definition) is 4. The van der Waals surface area contributed by atoms with Crippen molar-refractivity contribution in [1.29, 1.82) is 0 Å². The number of benzene rings is 1. The summed E-state index contributed by atoms with van der Waals surface area (Å²) in [6, 6.07) is 7.71. The lowest BCUT2D eigenvalue weighted by atomic mass is 9.85. The third kappa shape index (κ3) is 2.76. The molecule has 1 heterocycles. The minimum Gasteiger partial charge on any atom is -0.468 e. The van der Waals surface area contributed by atoms with E-state index in [4.69, 9.17) is 4.74 Å². The van der Waals surface area contributed by atoms with Crippen molar-refractivity contribution in [3.8, 4) is 0 Å². The Labute approximate surface area is 125 Å². The molecule has 0 N–H and O–H groups in total. The number of thiazole rings is 1. The highest BCUT2D eigenvalue weighted by Crippen LogP contribution is 2.27. The van der Waals surface area contributed by atoms with Gasteiger partial charge in [0.1, 0.15) is 6.54 Å². The number of carbonyl (C=O) groups excluding carboxylic acids is 2. The molecule has 110 valence electrons. The van der Waals surface area contributed by atoms with Crippen molar-refractivity contribution in [2.24, 2.45) is 10.9 Å². The highest BCUT2D eigenvalue weighted by atomic mass is 32.1. The predicted molar refractivity (Wildman–Crippen MR) is 79.7 cm³/mol. The van der Waals surface area contributed by atoms with E-state index in [0.29, 0.717) is 4.80 Å². The molecule has 0 aliphatic heterocycles. The third-order valence-electron chi connectivity index (χ3n) is 3.76. The minimum atomic E-state index is -0.351. The van der Waals surface area contributed by atoms with Gasteiger partial charge in [0.05, 0.1) is 17.3 Å². The summed E-state index contributed by atoms with van der Waals surface area (Å²) in [4.78, 5) is 28.5. The lowest BCUT2D eigenvalue weighted by Crippen LogP contribution is -2.26. The van der Waals surface area contributed by atoms with Gasteiger partial charge in [0, 0.05) is 5.92 Å². The summed E-state index contributed by atoms with van der Waals surface area (Å²) in [6.07, 6.45) is 2.94. The molecule has 1 aliphatic carbocycles. The zero-order chi connectivity index (χ0) is 14.8. The monoisotopic (exact) mass is 304 g/mol. The second-order valence-corrected chi connectivity index (χ2v) is 6.10. The van der Waals surface area contributed by atoms with Crippen LogP contribution in [0.4, 0.5) is 0 Å². The van der Waals surface area contributed by atoms with E-state index in [1.807, 2.05) is 24.3 Å². The quantitative estimate of drug-likeness (QED) is 0.816. The summed E-state index contributed by atoms with van der Waals surface area (Å²) in [5.74, 6) is -0.371. The number of rotatable bonds is 3. The van der Waals surface area contributed by atoms with Crippen LogP contribution < -0.4 is 4.80 Å². The molecule has 21 heavy (non-hydrogen) atoms. The van der Waals surface area contributed by atoms with Crippen LogP contribution in [0.2, 0.25) is 0 Å². The Morgan fingerprint density at radius 2 is 2.14 bits per heavy atom. The van der Waals surface area contributed by atoms with Gasteiger partial charge in [-0.2, -0.15) is 4.99 Å². The molecule has 1 aromatic carbocycles.